The molecule has 1 amide bonds. The summed E-state index contributed by atoms with van der Waals surface area (Å²) in [7, 11) is 1.99. The fourth-order valence-electron chi connectivity index (χ4n) is 2.43. The van der Waals surface area contributed by atoms with Crippen molar-refractivity contribution in [3.8, 4) is 5.75 Å². The Balaban J connectivity index is 1.68. The molecule has 0 aliphatic rings. The maximum atomic E-state index is 12.7. The van der Waals surface area contributed by atoms with Gasteiger partial charge >= 0.3 is 0 Å². The van der Waals surface area contributed by atoms with Crippen LogP contribution in [0.2, 0.25) is 0 Å². The van der Waals surface area contributed by atoms with E-state index < -0.39 is 0 Å². The van der Waals surface area contributed by atoms with E-state index in [9.17, 15) is 4.79 Å². The zero-order valence-electron chi connectivity index (χ0n) is 13.6. The summed E-state index contributed by atoms with van der Waals surface area (Å²) in [5, 5.41) is 2.03. The van der Waals surface area contributed by atoms with Crippen molar-refractivity contribution in [1.82, 2.24) is 9.47 Å². The van der Waals surface area contributed by atoms with Crippen LogP contribution in [0.3, 0.4) is 0 Å². The van der Waals surface area contributed by atoms with E-state index in [1.54, 1.807) is 11.3 Å². The van der Waals surface area contributed by atoms with Gasteiger partial charge in [0.05, 0.1) is 13.1 Å². The number of hydrogen-bond acceptors (Lipinski definition) is 3. The van der Waals surface area contributed by atoms with E-state index in [1.807, 2.05) is 82.7 Å². The molecule has 0 saturated carbocycles. The summed E-state index contributed by atoms with van der Waals surface area (Å²) < 4.78 is 7.66. The largest absolute Gasteiger partial charge is 0.484 e. The van der Waals surface area contributed by atoms with Crippen LogP contribution in [0.25, 0.3) is 0 Å². The molecule has 0 aliphatic carbocycles. The van der Waals surface area contributed by atoms with Crippen molar-refractivity contribution < 1.29 is 9.53 Å². The van der Waals surface area contributed by atoms with E-state index >= 15 is 0 Å². The van der Waals surface area contributed by atoms with Gasteiger partial charge in [-0.25, -0.2) is 0 Å². The molecule has 24 heavy (non-hydrogen) atoms. The van der Waals surface area contributed by atoms with Gasteiger partial charge in [0, 0.05) is 23.8 Å². The summed E-state index contributed by atoms with van der Waals surface area (Å²) in [6.07, 6.45) is 1.99. The number of para-hydroxylation sites is 1. The summed E-state index contributed by atoms with van der Waals surface area (Å²) in [5.74, 6) is 0.689. The maximum Gasteiger partial charge on any atom is 0.261 e. The van der Waals surface area contributed by atoms with Gasteiger partial charge in [-0.2, -0.15) is 0 Å². The van der Waals surface area contributed by atoms with Crippen LogP contribution < -0.4 is 4.74 Å². The number of rotatable bonds is 7. The molecule has 4 nitrogen and oxygen atoms in total. The van der Waals surface area contributed by atoms with Gasteiger partial charge in [-0.1, -0.05) is 24.3 Å². The van der Waals surface area contributed by atoms with Crippen molar-refractivity contribution in [1.29, 1.82) is 0 Å². The molecule has 0 atom stereocenters. The molecule has 5 heteroatoms. The Kier molecular flexibility index (Phi) is 5.33. The summed E-state index contributed by atoms with van der Waals surface area (Å²) in [6.45, 7) is 1.21. The molecular formula is C19H20N2O2S. The lowest BCUT2D eigenvalue weighted by atomic mass is 10.3. The molecule has 0 radical (unpaired) electrons. The van der Waals surface area contributed by atoms with E-state index in [2.05, 4.69) is 0 Å². The number of aromatic nitrogens is 1. The smallest absolute Gasteiger partial charge is 0.261 e. The number of thiophene rings is 1. The Morgan fingerprint density at radius 1 is 1.08 bits per heavy atom. The first-order valence-electron chi connectivity index (χ1n) is 7.80. The summed E-state index contributed by atoms with van der Waals surface area (Å²) in [5.41, 5.74) is 1.10. The first-order valence-corrected chi connectivity index (χ1v) is 8.68. The van der Waals surface area contributed by atoms with Crippen LogP contribution in [0.1, 0.15) is 10.6 Å². The van der Waals surface area contributed by atoms with E-state index in [0.717, 1.165) is 10.6 Å². The fraction of sp³-hybridized carbons (Fsp3) is 0.211. The molecule has 3 rings (SSSR count). The Morgan fingerprint density at radius 3 is 2.58 bits per heavy atom. The van der Waals surface area contributed by atoms with E-state index in [-0.39, 0.29) is 12.5 Å². The Labute approximate surface area is 145 Å². The molecule has 0 N–H and O–H groups in total. The quantitative estimate of drug-likeness (QED) is 0.657. The second-order valence-electron chi connectivity index (χ2n) is 5.54. The molecule has 0 aliphatic heterocycles. The molecule has 0 spiro atoms. The number of ether oxygens (including phenoxy) is 1. The Hall–Kier alpha value is -2.53. The van der Waals surface area contributed by atoms with Crippen LogP contribution in [-0.4, -0.2) is 22.0 Å². The van der Waals surface area contributed by atoms with Crippen molar-refractivity contribution in [2.24, 2.45) is 7.05 Å². The van der Waals surface area contributed by atoms with Gasteiger partial charge in [0.25, 0.3) is 5.91 Å². The van der Waals surface area contributed by atoms with Crippen molar-refractivity contribution in [2.45, 2.75) is 13.1 Å². The predicted molar refractivity (Wildman–Crippen MR) is 95.9 cm³/mol. The Morgan fingerprint density at radius 2 is 1.92 bits per heavy atom. The molecule has 2 heterocycles. The molecule has 0 saturated heterocycles. The van der Waals surface area contributed by atoms with Crippen LogP contribution in [-0.2, 0) is 24.9 Å². The van der Waals surface area contributed by atoms with Crippen LogP contribution in [0, 0.1) is 0 Å². The lowest BCUT2D eigenvalue weighted by Crippen LogP contribution is -2.34. The highest BCUT2D eigenvalue weighted by atomic mass is 32.1. The second kappa shape index (κ2) is 7.84. The third-order valence-corrected chi connectivity index (χ3v) is 4.65. The summed E-state index contributed by atoms with van der Waals surface area (Å²) in [4.78, 5) is 15.7. The van der Waals surface area contributed by atoms with Gasteiger partial charge in [-0.3, -0.25) is 4.79 Å². The highest BCUT2D eigenvalue weighted by Gasteiger charge is 2.17. The summed E-state index contributed by atoms with van der Waals surface area (Å²) in [6, 6.07) is 17.5. The minimum Gasteiger partial charge on any atom is -0.484 e. The zero-order chi connectivity index (χ0) is 16.8. The molecule has 2 aromatic heterocycles. The van der Waals surface area contributed by atoms with E-state index in [1.165, 1.54) is 0 Å². The van der Waals surface area contributed by atoms with Gasteiger partial charge < -0.3 is 14.2 Å². The average molecular weight is 340 g/mol. The lowest BCUT2D eigenvalue weighted by molar-refractivity contribution is -0.134. The maximum absolute atomic E-state index is 12.7. The monoisotopic (exact) mass is 340 g/mol. The number of amides is 1. The molecule has 0 fully saturated rings. The zero-order valence-corrected chi connectivity index (χ0v) is 14.4. The number of carbonyl (C=O) groups is 1. The molecule has 1 aromatic carbocycles. The first kappa shape index (κ1) is 16.3. The average Bonchev–Trinajstić information content (AvgIpc) is 3.25. The predicted octanol–water partition coefficient (Wildman–Crippen LogP) is 3.69. The normalized spacial score (nSPS) is 10.5. The number of nitrogens with zero attached hydrogens (tertiary/aromatic N) is 2. The minimum absolute atomic E-state index is 0.0200. The van der Waals surface area contributed by atoms with Gasteiger partial charge in [0.15, 0.2) is 6.61 Å². The van der Waals surface area contributed by atoms with Gasteiger partial charge in [-0.15, -0.1) is 11.3 Å². The molecular weight excluding hydrogens is 320 g/mol. The van der Waals surface area contributed by atoms with Gasteiger partial charge in [0.2, 0.25) is 0 Å². The van der Waals surface area contributed by atoms with Crippen molar-refractivity contribution in [3.63, 3.8) is 0 Å². The van der Waals surface area contributed by atoms with E-state index in [0.29, 0.717) is 18.8 Å². The van der Waals surface area contributed by atoms with Crippen LogP contribution >= 0.6 is 11.3 Å². The number of carbonyl (C=O) groups excluding carboxylic acids is 1. The molecule has 0 unspecified atom stereocenters. The SMILES string of the molecule is Cn1cccc1CN(Cc1cccs1)C(=O)COc1ccccc1. The van der Waals surface area contributed by atoms with Crippen LogP contribution in [0.15, 0.2) is 66.2 Å². The number of hydrogen-bond donors (Lipinski definition) is 0. The van der Waals surface area contributed by atoms with E-state index in [4.69, 9.17) is 4.74 Å². The third kappa shape index (κ3) is 4.26. The third-order valence-electron chi connectivity index (χ3n) is 3.79. The number of aryl methyl sites for hydroxylation is 1. The fourth-order valence-corrected chi connectivity index (χ4v) is 3.15. The molecule has 3 aromatic rings. The number of benzene rings is 1. The van der Waals surface area contributed by atoms with Crippen molar-refractivity contribution in [3.05, 3.63) is 76.7 Å². The van der Waals surface area contributed by atoms with Gasteiger partial charge in [0.1, 0.15) is 5.75 Å². The highest BCUT2D eigenvalue weighted by Crippen LogP contribution is 2.16. The van der Waals surface area contributed by atoms with Crippen molar-refractivity contribution in [2.75, 3.05) is 6.61 Å². The standard InChI is InChI=1S/C19H20N2O2S/c1-20-11-5-7-16(20)13-21(14-18-10-6-12-24-18)19(22)15-23-17-8-3-2-4-9-17/h2-12H,13-15H2,1H3. The minimum atomic E-state index is -0.0200. The van der Waals surface area contributed by atoms with Crippen molar-refractivity contribution >= 4 is 17.2 Å². The molecule has 0 bridgehead atoms. The Bertz CT molecular complexity index is 766. The van der Waals surface area contributed by atoms with Crippen LogP contribution in [0.5, 0.6) is 5.75 Å². The van der Waals surface area contributed by atoms with Gasteiger partial charge in [-0.05, 0) is 35.7 Å². The topological polar surface area (TPSA) is 34.5 Å². The lowest BCUT2D eigenvalue weighted by Gasteiger charge is -2.22. The second-order valence-corrected chi connectivity index (χ2v) is 6.57. The first-order chi connectivity index (χ1) is 11.7. The summed E-state index contributed by atoms with van der Waals surface area (Å²) >= 11 is 1.66. The highest BCUT2D eigenvalue weighted by molar-refractivity contribution is 7.09. The molecule has 124 valence electrons. The van der Waals surface area contributed by atoms with Crippen LogP contribution in [0.4, 0.5) is 0 Å².